The van der Waals surface area contributed by atoms with Gasteiger partial charge in [-0.25, -0.2) is 0 Å². The van der Waals surface area contributed by atoms with Gasteiger partial charge in [-0.15, -0.1) is 0 Å². The van der Waals surface area contributed by atoms with Crippen LogP contribution >= 0.6 is 11.6 Å². The third-order valence-electron chi connectivity index (χ3n) is 6.29. The normalized spacial score (nSPS) is 12.2. The van der Waals surface area contributed by atoms with Gasteiger partial charge in [-0.3, -0.25) is 9.59 Å². The number of fused-ring (bicyclic) bond motifs is 1. The molecule has 0 spiro atoms. The maximum Gasteiger partial charge on any atom is 0.254 e. The van der Waals surface area contributed by atoms with E-state index < -0.39 is 0 Å². The second-order valence-electron chi connectivity index (χ2n) is 9.98. The summed E-state index contributed by atoms with van der Waals surface area (Å²) in [5, 5.41) is 3.42. The van der Waals surface area contributed by atoms with Crippen LogP contribution in [0.15, 0.2) is 60.7 Å². The number of amides is 2. The van der Waals surface area contributed by atoms with Crippen LogP contribution in [-0.4, -0.2) is 43.7 Å². The molecule has 3 aromatic rings. The molecule has 3 N–H and O–H groups in total. The highest BCUT2D eigenvalue weighted by Crippen LogP contribution is 2.33. The third kappa shape index (κ3) is 6.76. The van der Waals surface area contributed by atoms with Crippen LogP contribution in [-0.2, 0) is 17.8 Å². The first kappa shape index (κ1) is 27.3. The number of nitrogens with two attached hydrogens (primary N) is 1. The van der Waals surface area contributed by atoms with E-state index in [0.29, 0.717) is 46.4 Å². The summed E-state index contributed by atoms with van der Waals surface area (Å²) in [6.07, 6.45) is 0.210. The Morgan fingerprint density at radius 3 is 2.50 bits per heavy atom. The van der Waals surface area contributed by atoms with Crippen molar-refractivity contribution in [3.63, 3.8) is 0 Å². The molecule has 38 heavy (non-hydrogen) atoms. The second kappa shape index (κ2) is 11.8. The first-order valence-corrected chi connectivity index (χ1v) is 12.7. The van der Waals surface area contributed by atoms with Gasteiger partial charge < -0.3 is 30.2 Å². The molecule has 0 saturated heterocycles. The molecule has 0 atom stereocenters. The Balaban J connectivity index is 1.52. The maximum atomic E-state index is 13.6. The molecule has 0 bridgehead atoms. The smallest absolute Gasteiger partial charge is 0.254 e. The number of ether oxygens (including phenoxy) is 3. The molecule has 0 aliphatic carbocycles. The van der Waals surface area contributed by atoms with Crippen LogP contribution in [0.25, 0.3) is 0 Å². The molecule has 4 rings (SSSR count). The topological polar surface area (TPSA) is 103 Å². The lowest BCUT2D eigenvalue weighted by Gasteiger charge is -2.32. The minimum absolute atomic E-state index is 0.128. The summed E-state index contributed by atoms with van der Waals surface area (Å²) in [6.45, 7) is 5.17. The summed E-state index contributed by atoms with van der Waals surface area (Å²) in [5.74, 6) is 1.52. The average molecular weight is 538 g/mol. The summed E-state index contributed by atoms with van der Waals surface area (Å²) in [5.41, 5.74) is 8.30. The molecular formula is C29H32ClN3O5. The molecule has 0 radical (unpaired) electrons. The summed E-state index contributed by atoms with van der Waals surface area (Å²) >= 11 is 6.54. The van der Waals surface area contributed by atoms with E-state index in [9.17, 15) is 9.59 Å². The number of methoxy groups -OCH3 is 1. The number of carbonyl (C=O) groups is 2. The van der Waals surface area contributed by atoms with Crippen LogP contribution in [0.4, 0.5) is 5.69 Å². The van der Waals surface area contributed by atoms with Crippen LogP contribution in [0.5, 0.6) is 17.2 Å². The highest BCUT2D eigenvalue weighted by Gasteiger charge is 2.27. The van der Waals surface area contributed by atoms with Crippen LogP contribution in [0.3, 0.4) is 0 Å². The summed E-state index contributed by atoms with van der Waals surface area (Å²) in [7, 11) is 1.60. The number of nitrogens with zero attached hydrogens (tertiary/aromatic N) is 1. The highest BCUT2D eigenvalue weighted by molar-refractivity contribution is 6.31. The van der Waals surface area contributed by atoms with Crippen LogP contribution in [0, 0.1) is 5.41 Å². The van der Waals surface area contributed by atoms with Gasteiger partial charge >= 0.3 is 0 Å². The highest BCUT2D eigenvalue weighted by atomic mass is 35.5. The van der Waals surface area contributed by atoms with Gasteiger partial charge in [-0.05, 0) is 71.6 Å². The van der Waals surface area contributed by atoms with E-state index in [2.05, 4.69) is 5.32 Å². The van der Waals surface area contributed by atoms with Crippen LogP contribution < -0.4 is 25.3 Å². The van der Waals surface area contributed by atoms with Crippen molar-refractivity contribution in [1.82, 2.24) is 4.90 Å². The molecule has 1 aliphatic rings. The quantitative estimate of drug-likeness (QED) is 0.382. The Kier molecular flexibility index (Phi) is 8.44. The standard InChI is InChI=1S/C29H32ClN3O5/c1-29(2,16-31)17-33(28(35)20-6-11-25-26(14-20)38-18-37-25)15-21-13-22(7-10-24(21)30)32-27(34)12-19-4-8-23(36-3)9-5-19/h4-11,13-14H,12,15-18,31H2,1-3H3,(H,32,34). The van der Waals surface area contributed by atoms with Gasteiger partial charge in [0.2, 0.25) is 12.7 Å². The first-order chi connectivity index (χ1) is 18.2. The lowest BCUT2D eigenvalue weighted by molar-refractivity contribution is -0.115. The molecule has 0 unspecified atom stereocenters. The average Bonchev–Trinajstić information content (AvgIpc) is 3.38. The lowest BCUT2D eigenvalue weighted by atomic mass is 9.92. The number of halogens is 1. The van der Waals surface area contributed by atoms with Gasteiger partial charge in [0.05, 0.1) is 13.5 Å². The zero-order chi connectivity index (χ0) is 27.3. The van der Waals surface area contributed by atoms with Crippen molar-refractivity contribution in [2.45, 2.75) is 26.8 Å². The zero-order valence-corrected chi connectivity index (χ0v) is 22.5. The van der Waals surface area contributed by atoms with Gasteiger partial charge in [0.15, 0.2) is 11.5 Å². The van der Waals surface area contributed by atoms with Crippen LogP contribution in [0.2, 0.25) is 5.02 Å². The van der Waals surface area contributed by atoms with E-state index in [1.54, 1.807) is 48.4 Å². The molecule has 0 saturated carbocycles. The second-order valence-corrected chi connectivity index (χ2v) is 10.4. The summed E-state index contributed by atoms with van der Waals surface area (Å²) in [6, 6.07) is 17.7. The monoisotopic (exact) mass is 537 g/mol. The Labute approximate surface area is 227 Å². The van der Waals surface area contributed by atoms with Crippen molar-refractivity contribution in [2.75, 3.05) is 32.3 Å². The van der Waals surface area contributed by atoms with E-state index >= 15 is 0 Å². The van der Waals surface area contributed by atoms with Gasteiger partial charge in [0.1, 0.15) is 5.75 Å². The molecular weight excluding hydrogens is 506 g/mol. The third-order valence-corrected chi connectivity index (χ3v) is 6.66. The number of anilines is 1. The molecule has 0 aromatic heterocycles. The Morgan fingerprint density at radius 2 is 1.79 bits per heavy atom. The molecule has 1 heterocycles. The Bertz CT molecular complexity index is 1310. The molecule has 9 heteroatoms. The molecule has 8 nitrogen and oxygen atoms in total. The van der Waals surface area contributed by atoms with Crippen molar-refractivity contribution < 1.29 is 23.8 Å². The fraction of sp³-hybridized carbons (Fsp3) is 0.310. The molecule has 2 amide bonds. The maximum absolute atomic E-state index is 13.6. The van der Waals surface area contributed by atoms with E-state index in [1.807, 2.05) is 38.1 Å². The van der Waals surface area contributed by atoms with Crippen LogP contribution in [0.1, 0.15) is 35.3 Å². The van der Waals surface area contributed by atoms with E-state index in [4.69, 9.17) is 31.5 Å². The Hall–Kier alpha value is -3.75. The first-order valence-electron chi connectivity index (χ1n) is 12.3. The van der Waals surface area contributed by atoms with Gasteiger partial charge in [0.25, 0.3) is 5.91 Å². The number of benzene rings is 3. The molecule has 1 aliphatic heterocycles. The molecule has 0 fully saturated rings. The fourth-order valence-electron chi connectivity index (χ4n) is 4.11. The van der Waals surface area contributed by atoms with E-state index in [0.717, 1.165) is 11.3 Å². The molecule has 3 aromatic carbocycles. The zero-order valence-electron chi connectivity index (χ0n) is 21.8. The lowest BCUT2D eigenvalue weighted by Crippen LogP contribution is -2.41. The van der Waals surface area contributed by atoms with Crippen molar-refractivity contribution >= 4 is 29.1 Å². The van der Waals surface area contributed by atoms with Crippen molar-refractivity contribution in [3.05, 3.63) is 82.4 Å². The van der Waals surface area contributed by atoms with Gasteiger partial charge in [-0.1, -0.05) is 37.6 Å². The number of hydrogen-bond acceptors (Lipinski definition) is 6. The van der Waals surface area contributed by atoms with Gasteiger partial charge in [0, 0.05) is 29.4 Å². The minimum atomic E-state index is -0.331. The van der Waals surface area contributed by atoms with Gasteiger partial charge in [-0.2, -0.15) is 0 Å². The van der Waals surface area contributed by atoms with Crippen molar-refractivity contribution in [2.24, 2.45) is 11.1 Å². The molecule has 200 valence electrons. The van der Waals surface area contributed by atoms with Crippen molar-refractivity contribution in [3.8, 4) is 17.2 Å². The number of nitrogens with one attached hydrogen (secondary N) is 1. The Morgan fingerprint density at radius 1 is 1.05 bits per heavy atom. The SMILES string of the molecule is COc1ccc(CC(=O)Nc2ccc(Cl)c(CN(CC(C)(C)CN)C(=O)c3ccc4c(c3)OCO4)c2)cc1. The van der Waals surface area contributed by atoms with E-state index in [-0.39, 0.29) is 37.0 Å². The number of rotatable bonds is 10. The summed E-state index contributed by atoms with van der Waals surface area (Å²) in [4.78, 5) is 28.0. The predicted octanol–water partition coefficient (Wildman–Crippen LogP) is 4.89. The number of hydrogen-bond donors (Lipinski definition) is 2. The fourth-order valence-corrected chi connectivity index (χ4v) is 4.28. The van der Waals surface area contributed by atoms with Crippen molar-refractivity contribution in [1.29, 1.82) is 0 Å². The largest absolute Gasteiger partial charge is 0.497 e. The number of carbonyl (C=O) groups excluding carboxylic acids is 2. The summed E-state index contributed by atoms with van der Waals surface area (Å²) < 4.78 is 16.0. The minimum Gasteiger partial charge on any atom is -0.497 e. The van der Waals surface area contributed by atoms with E-state index in [1.165, 1.54) is 0 Å². The predicted molar refractivity (Wildman–Crippen MR) is 147 cm³/mol.